The van der Waals surface area contributed by atoms with Crippen LogP contribution in [0.1, 0.15) is 106 Å². The molecule has 1 aliphatic carbocycles. The summed E-state index contributed by atoms with van der Waals surface area (Å²) in [4.78, 5) is 18.1. The van der Waals surface area contributed by atoms with Gasteiger partial charge >= 0.3 is 12.3 Å². The van der Waals surface area contributed by atoms with E-state index in [1.165, 1.54) is 0 Å². The molecular formula is C36H49ClF4N2O3. The van der Waals surface area contributed by atoms with Crippen molar-refractivity contribution in [1.82, 2.24) is 9.80 Å². The van der Waals surface area contributed by atoms with Crippen LogP contribution >= 0.6 is 11.6 Å². The molecule has 0 aromatic heterocycles. The summed E-state index contributed by atoms with van der Waals surface area (Å²) in [6.07, 6.45) is -2.69. The molecule has 2 atom stereocenters. The molecule has 1 saturated carbocycles. The van der Waals surface area contributed by atoms with Gasteiger partial charge in [0, 0.05) is 24.0 Å². The lowest BCUT2D eigenvalue weighted by Crippen LogP contribution is -2.45. The van der Waals surface area contributed by atoms with Crippen LogP contribution in [0.4, 0.5) is 17.6 Å². The molecule has 2 aliphatic rings. The predicted molar refractivity (Wildman–Crippen MR) is 174 cm³/mol. The molecule has 2 aromatic rings. The highest BCUT2D eigenvalue weighted by Gasteiger charge is 2.43. The number of rotatable bonds is 10. The number of alkyl halides is 4. The summed E-state index contributed by atoms with van der Waals surface area (Å²) in [6, 6.07) is 12.4. The van der Waals surface area contributed by atoms with Crippen molar-refractivity contribution in [2.45, 2.75) is 114 Å². The van der Waals surface area contributed by atoms with Gasteiger partial charge in [0.25, 0.3) is 0 Å². The average molecular weight is 669 g/mol. The second-order valence-corrected chi connectivity index (χ2v) is 14.7. The van der Waals surface area contributed by atoms with Crippen molar-refractivity contribution < 1.29 is 31.8 Å². The van der Waals surface area contributed by atoms with Gasteiger partial charge in [-0.1, -0.05) is 41.9 Å². The van der Waals surface area contributed by atoms with E-state index in [0.29, 0.717) is 56.8 Å². The maximum absolute atomic E-state index is 16.8. The van der Waals surface area contributed by atoms with Crippen molar-refractivity contribution >= 4 is 17.6 Å². The number of aryl methyl sites for hydroxylation is 1. The van der Waals surface area contributed by atoms with Crippen LogP contribution in [0.25, 0.3) is 0 Å². The molecule has 46 heavy (non-hydrogen) atoms. The molecule has 5 nitrogen and oxygen atoms in total. The van der Waals surface area contributed by atoms with Gasteiger partial charge in [-0.05, 0) is 134 Å². The number of hydrogen-bond acceptors (Lipinski definition) is 5. The number of esters is 1. The lowest BCUT2D eigenvalue weighted by molar-refractivity contribution is -0.345. The maximum Gasteiger partial charge on any atom is 0.522 e. The number of carbonyl (C=O) groups is 1. The van der Waals surface area contributed by atoms with Gasteiger partial charge in [-0.25, -0.2) is 9.18 Å². The van der Waals surface area contributed by atoms with E-state index in [1.54, 1.807) is 6.07 Å². The van der Waals surface area contributed by atoms with Crippen molar-refractivity contribution in [2.75, 3.05) is 33.7 Å². The Bertz CT molecular complexity index is 1320. The predicted octanol–water partition coefficient (Wildman–Crippen LogP) is 9.13. The molecule has 0 spiro atoms. The van der Waals surface area contributed by atoms with Gasteiger partial charge in [0.2, 0.25) is 0 Å². The lowest BCUT2D eigenvalue weighted by atomic mass is 9.75. The number of benzene rings is 2. The fourth-order valence-corrected chi connectivity index (χ4v) is 7.51. The largest absolute Gasteiger partial charge is 0.522 e. The van der Waals surface area contributed by atoms with Crippen LogP contribution < -0.4 is 0 Å². The summed E-state index contributed by atoms with van der Waals surface area (Å²) in [5.74, 6) is -0.873. The van der Waals surface area contributed by atoms with Gasteiger partial charge in [0.15, 0.2) is 0 Å². The molecule has 0 N–H and O–H groups in total. The third kappa shape index (κ3) is 9.68. The number of hydrogen-bond donors (Lipinski definition) is 0. The number of carbonyl (C=O) groups excluding carboxylic acids is 1. The molecule has 1 aliphatic heterocycles. The molecule has 256 valence electrons. The number of piperidine rings is 1. The second kappa shape index (κ2) is 14.9. The van der Waals surface area contributed by atoms with Gasteiger partial charge < -0.3 is 9.64 Å². The van der Waals surface area contributed by atoms with Crippen molar-refractivity contribution in [3.05, 3.63) is 69.7 Å². The Kier molecular flexibility index (Phi) is 11.9. The Labute approximate surface area is 276 Å². The number of halogens is 5. The lowest BCUT2D eigenvalue weighted by Gasteiger charge is -2.41. The number of ether oxygens (including phenoxy) is 2. The fourth-order valence-electron chi connectivity index (χ4n) is 7.31. The first-order valence-electron chi connectivity index (χ1n) is 16.4. The minimum Gasteiger partial charge on any atom is -0.459 e. The summed E-state index contributed by atoms with van der Waals surface area (Å²) < 4.78 is 65.9. The standard InChI is InChI=1S/C36H49ClF4N2O3/c1-24-9-7-12-29(31(24)25-13-15-28(16-14-25)45-36(39,40)41)32(33(44)46-34(2,3)4)43(6)20-17-30(26-10-8-11-27(37)23-26)35(38)18-21-42(5)22-19-35/h7-12,23,25,28,30,32H,13-22H2,1-6H3. The third-order valence-corrected chi connectivity index (χ3v) is 9.81. The van der Waals surface area contributed by atoms with E-state index in [0.717, 1.165) is 22.3 Å². The number of likely N-dealkylation sites (tertiary alicyclic amines) is 1. The quantitative estimate of drug-likeness (QED) is 0.187. The molecule has 2 unspecified atom stereocenters. The zero-order chi connectivity index (χ0) is 33.9. The first-order chi connectivity index (χ1) is 21.5. The monoisotopic (exact) mass is 668 g/mol. The van der Waals surface area contributed by atoms with Crippen LogP contribution in [0.3, 0.4) is 0 Å². The highest BCUT2D eigenvalue weighted by molar-refractivity contribution is 6.30. The maximum atomic E-state index is 16.8. The average Bonchev–Trinajstić information content (AvgIpc) is 2.94. The SMILES string of the molecule is Cc1cccc(C(C(=O)OC(C)(C)C)N(C)CCC(c2cccc(Cl)c2)C2(F)CCN(C)CC2)c1C1CCC(OC(F)(F)F)CC1. The molecule has 1 heterocycles. The van der Waals surface area contributed by atoms with Crippen molar-refractivity contribution in [3.8, 4) is 0 Å². The van der Waals surface area contributed by atoms with E-state index in [1.807, 2.05) is 83.1 Å². The highest BCUT2D eigenvalue weighted by atomic mass is 35.5. The summed E-state index contributed by atoms with van der Waals surface area (Å²) in [5.41, 5.74) is 1.41. The Morgan fingerprint density at radius 1 is 1.07 bits per heavy atom. The zero-order valence-corrected chi connectivity index (χ0v) is 28.7. The van der Waals surface area contributed by atoms with Gasteiger partial charge in [-0.15, -0.1) is 13.2 Å². The van der Waals surface area contributed by atoms with Crippen LogP contribution in [-0.4, -0.2) is 73.2 Å². The Morgan fingerprint density at radius 2 is 1.70 bits per heavy atom. The Balaban J connectivity index is 1.65. The third-order valence-electron chi connectivity index (χ3n) is 9.57. The van der Waals surface area contributed by atoms with E-state index in [-0.39, 0.29) is 18.8 Å². The summed E-state index contributed by atoms with van der Waals surface area (Å²) in [6.45, 7) is 9.17. The first kappa shape index (κ1) is 36.6. The molecule has 2 fully saturated rings. The summed E-state index contributed by atoms with van der Waals surface area (Å²) in [5, 5.41) is 0.554. The molecule has 0 bridgehead atoms. The van der Waals surface area contributed by atoms with E-state index >= 15 is 4.39 Å². The number of likely N-dealkylation sites (N-methyl/N-ethyl adjacent to an activating group) is 1. The first-order valence-corrected chi connectivity index (χ1v) is 16.7. The van der Waals surface area contributed by atoms with Crippen LogP contribution in [-0.2, 0) is 14.3 Å². The highest BCUT2D eigenvalue weighted by Crippen LogP contribution is 2.45. The topological polar surface area (TPSA) is 42.0 Å². The molecule has 2 aromatic carbocycles. The van der Waals surface area contributed by atoms with E-state index in [2.05, 4.69) is 9.64 Å². The van der Waals surface area contributed by atoms with Gasteiger partial charge in [0.1, 0.15) is 17.3 Å². The second-order valence-electron chi connectivity index (χ2n) is 14.3. The smallest absolute Gasteiger partial charge is 0.459 e. The van der Waals surface area contributed by atoms with Crippen LogP contribution in [0.2, 0.25) is 5.02 Å². The minimum atomic E-state index is -4.66. The number of nitrogens with zero attached hydrogens (tertiary/aromatic N) is 2. The minimum absolute atomic E-state index is 0.0323. The van der Waals surface area contributed by atoms with E-state index in [9.17, 15) is 18.0 Å². The molecule has 4 rings (SSSR count). The summed E-state index contributed by atoms with van der Waals surface area (Å²) in [7, 11) is 3.87. The van der Waals surface area contributed by atoms with Gasteiger partial charge in [-0.3, -0.25) is 9.64 Å². The fraction of sp³-hybridized carbons (Fsp3) is 0.639. The van der Waals surface area contributed by atoms with E-state index < -0.39 is 41.7 Å². The van der Waals surface area contributed by atoms with Gasteiger partial charge in [0.05, 0.1) is 6.10 Å². The van der Waals surface area contributed by atoms with Crippen molar-refractivity contribution in [1.29, 1.82) is 0 Å². The Morgan fingerprint density at radius 3 is 2.28 bits per heavy atom. The summed E-state index contributed by atoms with van der Waals surface area (Å²) >= 11 is 6.37. The molecular weight excluding hydrogens is 620 g/mol. The van der Waals surface area contributed by atoms with Crippen LogP contribution in [0, 0.1) is 6.92 Å². The molecule has 0 amide bonds. The zero-order valence-electron chi connectivity index (χ0n) is 27.9. The molecule has 1 saturated heterocycles. The van der Waals surface area contributed by atoms with Crippen LogP contribution in [0.5, 0.6) is 0 Å². The van der Waals surface area contributed by atoms with Crippen LogP contribution in [0.15, 0.2) is 42.5 Å². The van der Waals surface area contributed by atoms with Gasteiger partial charge in [-0.2, -0.15) is 0 Å². The molecule has 10 heteroatoms. The Hall–Kier alpha value is -2.20. The normalized spacial score (nSPS) is 22.4. The molecule has 0 radical (unpaired) electrons. The van der Waals surface area contributed by atoms with Crippen molar-refractivity contribution in [3.63, 3.8) is 0 Å². The van der Waals surface area contributed by atoms with Crippen molar-refractivity contribution in [2.24, 2.45) is 0 Å². The van der Waals surface area contributed by atoms with E-state index in [4.69, 9.17) is 16.3 Å².